The van der Waals surface area contributed by atoms with Crippen LogP contribution >= 0.6 is 11.8 Å². The number of esters is 1. The van der Waals surface area contributed by atoms with E-state index in [0.29, 0.717) is 17.6 Å². The molecule has 7 heteroatoms. The Morgan fingerprint density at radius 1 is 1.15 bits per heavy atom. The van der Waals surface area contributed by atoms with Crippen molar-refractivity contribution in [3.05, 3.63) is 59.9 Å². The number of ether oxygens (including phenoxy) is 1. The predicted octanol–water partition coefficient (Wildman–Crippen LogP) is 4.43. The Hall–Kier alpha value is -2.67. The highest BCUT2D eigenvalue weighted by atomic mass is 32.2. The highest BCUT2D eigenvalue weighted by Gasteiger charge is 2.22. The average Bonchev–Trinajstić information content (AvgIpc) is 3.06. The number of benzene rings is 2. The molecule has 0 amide bonds. The molecule has 0 saturated heterocycles. The second-order valence-electron chi connectivity index (χ2n) is 6.00. The third-order valence-corrected chi connectivity index (χ3v) is 4.95. The van der Waals surface area contributed by atoms with E-state index in [4.69, 9.17) is 4.74 Å². The molecule has 0 radical (unpaired) electrons. The number of aromatic nitrogens is 3. The minimum absolute atomic E-state index is 0.302. The molecule has 140 valence electrons. The summed E-state index contributed by atoms with van der Waals surface area (Å²) >= 11 is 1.28. The van der Waals surface area contributed by atoms with Crippen LogP contribution in [0.3, 0.4) is 0 Å². The van der Waals surface area contributed by atoms with E-state index in [2.05, 4.69) is 10.2 Å². The average molecular weight is 385 g/mol. The molecule has 5 nitrogen and oxygen atoms in total. The number of aryl methyl sites for hydroxylation is 1. The van der Waals surface area contributed by atoms with Crippen molar-refractivity contribution in [1.82, 2.24) is 14.8 Å². The zero-order valence-corrected chi connectivity index (χ0v) is 16.2. The van der Waals surface area contributed by atoms with Gasteiger partial charge in [-0.05, 0) is 57.2 Å². The number of carbonyl (C=O) groups is 1. The van der Waals surface area contributed by atoms with Gasteiger partial charge in [0.25, 0.3) is 0 Å². The fourth-order valence-electron chi connectivity index (χ4n) is 2.52. The van der Waals surface area contributed by atoms with Crippen LogP contribution < -0.4 is 0 Å². The molecule has 0 bridgehead atoms. The highest BCUT2D eigenvalue weighted by molar-refractivity contribution is 8.00. The fourth-order valence-corrected chi connectivity index (χ4v) is 3.39. The van der Waals surface area contributed by atoms with E-state index in [9.17, 15) is 9.18 Å². The number of hydrogen-bond donors (Lipinski definition) is 0. The summed E-state index contributed by atoms with van der Waals surface area (Å²) in [5.74, 6) is -0.0348. The summed E-state index contributed by atoms with van der Waals surface area (Å²) in [6, 6.07) is 14.0. The fraction of sp³-hybridized carbons (Fsp3) is 0.250. The Morgan fingerprint density at radius 3 is 2.44 bits per heavy atom. The SMILES string of the molecule is CCOC(=O)C(C)Sc1nnc(-c2ccc(F)cc2)n1-c1ccc(C)cc1. The van der Waals surface area contributed by atoms with Crippen LogP contribution in [0.15, 0.2) is 53.7 Å². The monoisotopic (exact) mass is 385 g/mol. The van der Waals surface area contributed by atoms with Crippen molar-refractivity contribution in [3.8, 4) is 17.1 Å². The second kappa shape index (κ2) is 8.35. The molecule has 0 fully saturated rings. The number of thioether (sulfide) groups is 1. The van der Waals surface area contributed by atoms with Gasteiger partial charge in [0.2, 0.25) is 0 Å². The molecule has 1 atom stereocenters. The maximum atomic E-state index is 13.3. The summed E-state index contributed by atoms with van der Waals surface area (Å²) in [6.07, 6.45) is 0. The Bertz CT molecular complexity index is 923. The minimum Gasteiger partial charge on any atom is -0.465 e. The number of rotatable bonds is 6. The standard InChI is InChI=1S/C20H20FN3O2S/c1-4-26-19(25)14(3)27-20-23-22-18(15-7-9-16(21)10-8-15)24(20)17-11-5-13(2)6-12-17/h5-12,14H,4H2,1-3H3. The first-order valence-corrected chi connectivity index (χ1v) is 9.49. The van der Waals surface area contributed by atoms with Crippen LogP contribution in [-0.4, -0.2) is 32.6 Å². The lowest BCUT2D eigenvalue weighted by molar-refractivity contribution is -0.142. The second-order valence-corrected chi connectivity index (χ2v) is 7.30. The maximum absolute atomic E-state index is 13.3. The number of hydrogen-bond acceptors (Lipinski definition) is 5. The largest absolute Gasteiger partial charge is 0.465 e. The molecule has 1 unspecified atom stereocenters. The molecule has 2 aromatic carbocycles. The number of carbonyl (C=O) groups excluding carboxylic acids is 1. The molecule has 3 rings (SSSR count). The van der Waals surface area contributed by atoms with Gasteiger partial charge in [-0.1, -0.05) is 29.5 Å². The molecule has 0 N–H and O–H groups in total. The molecule has 1 heterocycles. The molecule has 0 aliphatic rings. The van der Waals surface area contributed by atoms with Crippen LogP contribution in [-0.2, 0) is 9.53 Å². The first-order chi connectivity index (χ1) is 13.0. The van der Waals surface area contributed by atoms with E-state index in [1.807, 2.05) is 35.8 Å². The topological polar surface area (TPSA) is 57.0 Å². The predicted molar refractivity (Wildman–Crippen MR) is 103 cm³/mol. The van der Waals surface area contributed by atoms with Crippen LogP contribution in [0.5, 0.6) is 0 Å². The lowest BCUT2D eigenvalue weighted by Crippen LogP contribution is -2.17. The van der Waals surface area contributed by atoms with Crippen molar-refractivity contribution >= 4 is 17.7 Å². The van der Waals surface area contributed by atoms with Gasteiger partial charge >= 0.3 is 5.97 Å². The molecule has 27 heavy (non-hydrogen) atoms. The Labute approximate surface area is 161 Å². The summed E-state index contributed by atoms with van der Waals surface area (Å²) in [4.78, 5) is 12.0. The van der Waals surface area contributed by atoms with Crippen molar-refractivity contribution in [2.45, 2.75) is 31.2 Å². The minimum atomic E-state index is -0.431. The molecule has 1 aromatic heterocycles. The van der Waals surface area contributed by atoms with Gasteiger partial charge in [0.15, 0.2) is 11.0 Å². The quantitative estimate of drug-likeness (QED) is 0.464. The van der Waals surface area contributed by atoms with E-state index in [1.165, 1.54) is 23.9 Å². The zero-order valence-electron chi connectivity index (χ0n) is 15.3. The number of nitrogens with zero attached hydrogens (tertiary/aromatic N) is 3. The smallest absolute Gasteiger partial charge is 0.319 e. The van der Waals surface area contributed by atoms with Gasteiger partial charge in [-0.3, -0.25) is 9.36 Å². The van der Waals surface area contributed by atoms with Crippen molar-refractivity contribution < 1.29 is 13.9 Å². The van der Waals surface area contributed by atoms with Crippen LogP contribution in [0.4, 0.5) is 4.39 Å². The lowest BCUT2D eigenvalue weighted by Gasteiger charge is -2.13. The van der Waals surface area contributed by atoms with Crippen LogP contribution in [0, 0.1) is 12.7 Å². The van der Waals surface area contributed by atoms with Crippen molar-refractivity contribution in [1.29, 1.82) is 0 Å². The van der Waals surface area contributed by atoms with E-state index in [1.54, 1.807) is 26.0 Å². The summed E-state index contributed by atoms with van der Waals surface area (Å²) in [7, 11) is 0. The van der Waals surface area contributed by atoms with Gasteiger partial charge in [-0.15, -0.1) is 10.2 Å². The van der Waals surface area contributed by atoms with E-state index in [0.717, 1.165) is 16.8 Å². The summed E-state index contributed by atoms with van der Waals surface area (Å²) in [5.41, 5.74) is 2.73. The maximum Gasteiger partial charge on any atom is 0.319 e. The molecule has 0 saturated carbocycles. The van der Waals surface area contributed by atoms with Gasteiger partial charge in [0, 0.05) is 11.3 Å². The third kappa shape index (κ3) is 4.36. The molecule has 3 aromatic rings. The molecular formula is C20H20FN3O2S. The highest BCUT2D eigenvalue weighted by Crippen LogP contribution is 2.30. The van der Waals surface area contributed by atoms with Crippen LogP contribution in [0.1, 0.15) is 19.4 Å². The van der Waals surface area contributed by atoms with E-state index >= 15 is 0 Å². The van der Waals surface area contributed by atoms with Gasteiger partial charge in [0.1, 0.15) is 11.1 Å². The van der Waals surface area contributed by atoms with Crippen molar-refractivity contribution in [3.63, 3.8) is 0 Å². The van der Waals surface area contributed by atoms with Gasteiger partial charge in [-0.25, -0.2) is 4.39 Å². The van der Waals surface area contributed by atoms with Crippen LogP contribution in [0.2, 0.25) is 0 Å². The third-order valence-electron chi connectivity index (χ3n) is 3.93. The number of halogens is 1. The molecule has 0 aliphatic carbocycles. The van der Waals surface area contributed by atoms with E-state index in [-0.39, 0.29) is 11.8 Å². The Kier molecular flexibility index (Phi) is 5.91. The summed E-state index contributed by atoms with van der Waals surface area (Å²) in [6.45, 7) is 5.88. The van der Waals surface area contributed by atoms with Crippen molar-refractivity contribution in [2.24, 2.45) is 0 Å². The normalized spacial score (nSPS) is 12.0. The molecular weight excluding hydrogens is 365 g/mol. The molecule has 0 spiro atoms. The first kappa shape index (κ1) is 19.1. The summed E-state index contributed by atoms with van der Waals surface area (Å²) < 4.78 is 20.3. The van der Waals surface area contributed by atoms with Gasteiger partial charge in [-0.2, -0.15) is 0 Å². The van der Waals surface area contributed by atoms with Crippen molar-refractivity contribution in [2.75, 3.05) is 6.61 Å². The Balaban J connectivity index is 2.04. The molecule has 0 aliphatic heterocycles. The zero-order chi connectivity index (χ0) is 19.4. The Morgan fingerprint density at radius 2 is 1.81 bits per heavy atom. The van der Waals surface area contributed by atoms with Gasteiger partial charge < -0.3 is 4.74 Å². The lowest BCUT2D eigenvalue weighted by atomic mass is 10.2. The van der Waals surface area contributed by atoms with Crippen LogP contribution in [0.25, 0.3) is 17.1 Å². The first-order valence-electron chi connectivity index (χ1n) is 8.61. The van der Waals surface area contributed by atoms with E-state index < -0.39 is 5.25 Å². The van der Waals surface area contributed by atoms with Gasteiger partial charge in [0.05, 0.1) is 6.61 Å². The summed E-state index contributed by atoms with van der Waals surface area (Å²) in [5, 5.41) is 8.70.